The Kier molecular flexibility index (Phi) is 13.9. The summed E-state index contributed by atoms with van der Waals surface area (Å²) in [5.74, 6) is -1.76. The number of aryl methyl sites for hydroxylation is 2. The SMILES string of the molecule is CCc1c(F)ccc2cc(O)cc(-c3ncc4c(N5CCC[C@@]6(CCO6)C5)nc(OC[C@@]56CCCN5[C@H](COC(=O)N5CCC(CN7CCC(c8cc9c(cc8F)c(C8CCC(=O)NC8=O)nn9C)CC7)CC5)CC6)nc4c3F)c12. The van der Waals surface area contributed by atoms with E-state index in [1.807, 2.05) is 24.9 Å². The monoisotopic (exact) mass is 1100 g/mol. The molecule has 3 aromatic heterocycles. The van der Waals surface area contributed by atoms with Gasteiger partial charge in [0.25, 0.3) is 0 Å². The van der Waals surface area contributed by atoms with Crippen LogP contribution >= 0.6 is 0 Å². The van der Waals surface area contributed by atoms with Crippen LogP contribution in [0.3, 0.4) is 0 Å². The molecule has 6 aromatic rings. The van der Waals surface area contributed by atoms with Gasteiger partial charge < -0.3 is 34.0 Å². The minimum absolute atomic E-state index is 0.0153. The van der Waals surface area contributed by atoms with Crippen LogP contribution in [0.25, 0.3) is 43.8 Å². The maximum Gasteiger partial charge on any atom is 0.409 e. The highest BCUT2D eigenvalue weighted by Crippen LogP contribution is 2.45. The molecule has 0 bridgehead atoms. The third kappa shape index (κ3) is 9.55. The predicted octanol–water partition coefficient (Wildman–Crippen LogP) is 8.80. The van der Waals surface area contributed by atoms with Gasteiger partial charge in [0.1, 0.15) is 47.6 Å². The molecular formula is C60H69F3N10O7. The second-order valence-electron chi connectivity index (χ2n) is 23.8. The molecule has 2 N–H and O–H groups in total. The summed E-state index contributed by atoms with van der Waals surface area (Å²) in [6, 6.07) is 9.40. The van der Waals surface area contributed by atoms with Crippen LogP contribution < -0.4 is 15.0 Å². The van der Waals surface area contributed by atoms with Crippen LogP contribution in [0.15, 0.2) is 42.6 Å². The Morgan fingerprint density at radius 2 is 1.71 bits per heavy atom. The van der Waals surface area contributed by atoms with Crippen LogP contribution in [0.1, 0.15) is 119 Å². The lowest BCUT2D eigenvalue weighted by atomic mass is 9.86. The number of carbonyl (C=O) groups is 3. The fourth-order valence-electron chi connectivity index (χ4n) is 14.7. The van der Waals surface area contributed by atoms with E-state index in [1.165, 1.54) is 18.2 Å². The predicted molar refractivity (Wildman–Crippen MR) is 293 cm³/mol. The number of rotatable bonds is 12. The van der Waals surface area contributed by atoms with Gasteiger partial charge in [-0.25, -0.2) is 18.0 Å². The van der Waals surface area contributed by atoms with E-state index >= 15 is 13.2 Å². The number of halogens is 3. The number of aromatic hydroxyl groups is 1. The van der Waals surface area contributed by atoms with Crippen molar-refractivity contribution >= 4 is 56.3 Å². The number of likely N-dealkylation sites (tertiary alicyclic amines) is 2. The Labute approximate surface area is 462 Å². The molecule has 17 nitrogen and oxygen atoms in total. The molecule has 7 aliphatic heterocycles. The molecule has 13 rings (SSSR count). The second-order valence-corrected chi connectivity index (χ2v) is 23.8. The number of anilines is 1. The van der Waals surface area contributed by atoms with E-state index in [0.29, 0.717) is 95.7 Å². The summed E-state index contributed by atoms with van der Waals surface area (Å²) in [7, 11) is 1.81. The standard InChI is InChI=1S/C60H69F3N10O7/c1-3-40-46(61)8-6-37-26-39(74)27-44(50(37)40)53-51(63)54-45(30-64-53)55(72-19-5-16-60(33-72)18-25-80-60)67-57(66-54)79-34-59-15-4-20-73(59)38(10-17-59)32-78-58(77)71-23-11-35(12-24-71)31-70-21-13-36(14-22-70)42-29-48-43(28-47(42)62)52(68-69(48)2)41-7-9-49(75)65-56(41)76/h6,8,26-30,35-36,38,41,74H,3-5,7,9-25,31-34H2,1-2H3,(H,65,75,76)/t38-,41?,59-,60+/m0/s1. The van der Waals surface area contributed by atoms with Crippen molar-refractivity contribution in [2.45, 2.75) is 126 Å². The number of phenolic OH excluding ortho intramolecular Hbond substituents is 1. The highest BCUT2D eigenvalue weighted by atomic mass is 19.1. The highest BCUT2D eigenvalue weighted by Gasteiger charge is 2.51. The molecule has 1 spiro atoms. The molecule has 422 valence electrons. The van der Waals surface area contributed by atoms with E-state index in [2.05, 4.69) is 30.1 Å². The van der Waals surface area contributed by atoms with E-state index in [1.54, 1.807) is 23.0 Å². The van der Waals surface area contributed by atoms with Crippen molar-refractivity contribution in [1.29, 1.82) is 0 Å². The number of carbonyl (C=O) groups excluding carboxylic acids is 3. The van der Waals surface area contributed by atoms with Gasteiger partial charge in [0.2, 0.25) is 11.8 Å². The molecular weight excluding hydrogens is 1030 g/mol. The van der Waals surface area contributed by atoms with Crippen molar-refractivity contribution in [2.24, 2.45) is 13.0 Å². The Hall–Kier alpha value is -6.64. The maximum atomic E-state index is 17.4. The quantitative estimate of drug-likeness (QED) is 0.111. The first-order valence-electron chi connectivity index (χ1n) is 29.0. The minimum atomic E-state index is -0.716. The first-order valence-corrected chi connectivity index (χ1v) is 29.0. The van der Waals surface area contributed by atoms with Gasteiger partial charge in [0.15, 0.2) is 5.82 Å². The number of pyridine rings is 1. The van der Waals surface area contributed by atoms with Gasteiger partial charge >= 0.3 is 12.1 Å². The van der Waals surface area contributed by atoms with Crippen LogP contribution in [0.4, 0.5) is 23.8 Å². The summed E-state index contributed by atoms with van der Waals surface area (Å²) in [6.07, 6.45) is 11.9. The van der Waals surface area contributed by atoms with Gasteiger partial charge in [0, 0.05) is 75.8 Å². The molecule has 7 aliphatic rings. The average molecular weight is 1100 g/mol. The van der Waals surface area contributed by atoms with Crippen molar-refractivity contribution < 1.29 is 46.9 Å². The summed E-state index contributed by atoms with van der Waals surface area (Å²) < 4.78 is 69.1. The number of amides is 3. The molecule has 80 heavy (non-hydrogen) atoms. The summed E-state index contributed by atoms with van der Waals surface area (Å²) in [5.41, 5.74) is 1.99. The number of aromatic nitrogens is 5. The number of hydrogen-bond acceptors (Lipinski definition) is 14. The van der Waals surface area contributed by atoms with Gasteiger partial charge in [-0.15, -0.1) is 0 Å². The lowest BCUT2D eigenvalue weighted by Crippen LogP contribution is -2.56. The zero-order chi connectivity index (χ0) is 55.0. The first-order chi connectivity index (χ1) is 38.8. The van der Waals surface area contributed by atoms with Crippen LogP contribution in [-0.4, -0.2) is 152 Å². The fourth-order valence-corrected chi connectivity index (χ4v) is 14.7. The van der Waals surface area contributed by atoms with Gasteiger partial charge in [-0.1, -0.05) is 13.0 Å². The van der Waals surface area contributed by atoms with Gasteiger partial charge in [-0.05, 0) is 161 Å². The molecule has 20 heteroatoms. The number of imide groups is 1. The number of phenols is 1. The van der Waals surface area contributed by atoms with Gasteiger partial charge in [-0.2, -0.15) is 15.1 Å². The summed E-state index contributed by atoms with van der Waals surface area (Å²) >= 11 is 0. The number of nitrogens with one attached hydrogen (secondary N) is 1. The Morgan fingerprint density at radius 3 is 2.49 bits per heavy atom. The summed E-state index contributed by atoms with van der Waals surface area (Å²) in [4.78, 5) is 61.3. The molecule has 3 amide bonds. The molecule has 1 unspecified atom stereocenters. The van der Waals surface area contributed by atoms with E-state index in [-0.39, 0.29) is 95.0 Å². The maximum absolute atomic E-state index is 17.4. The highest BCUT2D eigenvalue weighted by molar-refractivity contribution is 6.03. The average Bonchev–Trinajstić information content (AvgIpc) is 4.16. The zero-order valence-electron chi connectivity index (χ0n) is 45.6. The summed E-state index contributed by atoms with van der Waals surface area (Å²) in [5, 5.41) is 19.9. The van der Waals surface area contributed by atoms with Crippen molar-refractivity contribution in [3.05, 3.63) is 76.9 Å². The van der Waals surface area contributed by atoms with E-state index in [9.17, 15) is 19.5 Å². The minimum Gasteiger partial charge on any atom is -0.508 e. The number of nitrogens with zero attached hydrogens (tertiary/aromatic N) is 9. The molecule has 0 saturated carbocycles. The van der Waals surface area contributed by atoms with Gasteiger partial charge in [-0.3, -0.25) is 29.5 Å². The van der Waals surface area contributed by atoms with E-state index < -0.39 is 17.6 Å². The molecule has 7 fully saturated rings. The molecule has 0 aliphatic carbocycles. The first kappa shape index (κ1) is 52.7. The second kappa shape index (κ2) is 21.0. The van der Waals surface area contributed by atoms with Crippen molar-refractivity contribution in [3.8, 4) is 23.0 Å². The van der Waals surface area contributed by atoms with Crippen molar-refractivity contribution in [2.75, 3.05) is 77.1 Å². The molecule has 0 radical (unpaired) electrons. The van der Waals surface area contributed by atoms with E-state index in [4.69, 9.17) is 24.2 Å². The smallest absolute Gasteiger partial charge is 0.409 e. The van der Waals surface area contributed by atoms with E-state index in [0.717, 1.165) is 102 Å². The van der Waals surface area contributed by atoms with Crippen molar-refractivity contribution in [1.82, 2.24) is 44.7 Å². The molecule has 7 saturated heterocycles. The van der Waals surface area contributed by atoms with Crippen LogP contribution in [-0.2, 0) is 32.5 Å². The molecule has 3 aromatic carbocycles. The normalized spacial score (nSPS) is 25.3. The number of hydrogen-bond donors (Lipinski definition) is 2. The summed E-state index contributed by atoms with van der Waals surface area (Å²) in [6.45, 7) is 9.08. The van der Waals surface area contributed by atoms with Crippen molar-refractivity contribution in [3.63, 3.8) is 0 Å². The fraction of sp³-hybridized carbons (Fsp3) is 0.550. The molecule has 4 atom stereocenters. The number of piperidine rings is 4. The zero-order valence-corrected chi connectivity index (χ0v) is 45.6. The number of ether oxygens (including phenoxy) is 3. The van der Waals surface area contributed by atoms with Gasteiger partial charge in [0.05, 0.1) is 40.3 Å². The van der Waals surface area contributed by atoms with Crippen LogP contribution in [0.5, 0.6) is 11.8 Å². The lowest BCUT2D eigenvalue weighted by Gasteiger charge is -2.48. The Morgan fingerprint density at radius 1 is 0.900 bits per heavy atom. The number of benzene rings is 3. The third-order valence-corrected chi connectivity index (χ3v) is 19.1. The Balaban J connectivity index is 0.634. The third-order valence-electron chi connectivity index (χ3n) is 19.1. The number of fused-ring (bicyclic) bond motifs is 4. The largest absolute Gasteiger partial charge is 0.508 e. The Bertz CT molecular complexity index is 3430. The lowest BCUT2D eigenvalue weighted by molar-refractivity contribution is -0.151. The van der Waals surface area contributed by atoms with Crippen LogP contribution in [0, 0.1) is 23.4 Å². The molecule has 10 heterocycles. The van der Waals surface area contributed by atoms with Crippen LogP contribution in [0.2, 0.25) is 0 Å². The topological polar surface area (TPSA) is 181 Å².